The second-order valence-electron chi connectivity index (χ2n) is 6.09. The number of benzene rings is 1. The number of ether oxygens (including phenoxy) is 4. The number of hydrogen-bond acceptors (Lipinski definition) is 4. The molecule has 4 heteroatoms. The highest BCUT2D eigenvalue weighted by atomic mass is 16.7. The Labute approximate surface area is 138 Å². The molecule has 0 bridgehead atoms. The molecule has 0 N–H and O–H groups in total. The van der Waals surface area contributed by atoms with Gasteiger partial charge in [-0.15, -0.1) is 0 Å². The van der Waals surface area contributed by atoms with E-state index in [0.717, 1.165) is 22.5 Å². The second kappa shape index (κ2) is 7.77. The zero-order valence-corrected chi connectivity index (χ0v) is 14.4. The van der Waals surface area contributed by atoms with E-state index >= 15 is 0 Å². The van der Waals surface area contributed by atoms with E-state index in [2.05, 4.69) is 6.58 Å². The van der Waals surface area contributed by atoms with Gasteiger partial charge in [0.1, 0.15) is 11.9 Å². The molecule has 0 saturated carbocycles. The molecule has 0 radical (unpaired) electrons. The van der Waals surface area contributed by atoms with E-state index in [0.29, 0.717) is 19.8 Å². The Kier molecular flexibility index (Phi) is 5.99. The van der Waals surface area contributed by atoms with Gasteiger partial charge >= 0.3 is 0 Å². The van der Waals surface area contributed by atoms with Gasteiger partial charge in [-0.3, -0.25) is 0 Å². The van der Waals surface area contributed by atoms with Gasteiger partial charge in [0, 0.05) is 0 Å². The van der Waals surface area contributed by atoms with Crippen molar-refractivity contribution in [2.45, 2.75) is 39.3 Å². The fourth-order valence-electron chi connectivity index (χ4n) is 2.33. The molecule has 0 amide bonds. The molecule has 126 valence electrons. The van der Waals surface area contributed by atoms with Crippen molar-refractivity contribution < 1.29 is 18.9 Å². The summed E-state index contributed by atoms with van der Waals surface area (Å²) in [5.41, 5.74) is 3.14. The van der Waals surface area contributed by atoms with Crippen LogP contribution in [0.15, 0.2) is 48.1 Å². The molecule has 0 aromatic heterocycles. The fraction of sp³-hybridized carbons (Fsp3) is 0.474. The average Bonchev–Trinajstić information content (AvgIpc) is 2.91. The number of rotatable bonds is 7. The highest BCUT2D eigenvalue weighted by Gasteiger charge is 2.34. The molecule has 1 aliphatic heterocycles. The van der Waals surface area contributed by atoms with Crippen LogP contribution in [0.5, 0.6) is 5.75 Å². The van der Waals surface area contributed by atoms with Crippen LogP contribution < -0.4 is 4.74 Å². The summed E-state index contributed by atoms with van der Waals surface area (Å²) in [5.74, 6) is 0.321. The summed E-state index contributed by atoms with van der Waals surface area (Å²) in [5, 5.41) is 0. The molecule has 0 aliphatic carbocycles. The molecular weight excluding hydrogens is 292 g/mol. The second-order valence-corrected chi connectivity index (χ2v) is 6.09. The molecule has 2 rings (SSSR count). The Morgan fingerprint density at radius 1 is 1.35 bits per heavy atom. The minimum atomic E-state index is -0.529. The summed E-state index contributed by atoms with van der Waals surface area (Å²) in [6, 6.07) is 7.86. The third kappa shape index (κ3) is 5.20. The fourth-order valence-corrected chi connectivity index (χ4v) is 2.33. The van der Waals surface area contributed by atoms with Gasteiger partial charge in [0.25, 0.3) is 0 Å². The summed E-state index contributed by atoms with van der Waals surface area (Å²) < 4.78 is 22.2. The Bertz CT molecular complexity index is 557. The van der Waals surface area contributed by atoms with Gasteiger partial charge in [-0.1, -0.05) is 24.8 Å². The zero-order valence-electron chi connectivity index (χ0n) is 14.4. The standard InChI is InChI=1S/C19H26O4/c1-14(15(2)18-13-22-19(3,4)23-18)10-11-21-12-16-6-8-17(20-5)9-7-16/h6-10,18H,2,11-13H2,1,3-5H3/b14-10+/t18-/m0/s1. The first kappa shape index (κ1) is 17.7. The molecule has 1 saturated heterocycles. The molecule has 1 aliphatic rings. The summed E-state index contributed by atoms with van der Waals surface area (Å²) >= 11 is 0. The lowest BCUT2D eigenvalue weighted by atomic mass is 10.0. The number of methoxy groups -OCH3 is 1. The smallest absolute Gasteiger partial charge is 0.163 e. The molecular formula is C19H26O4. The molecule has 1 heterocycles. The van der Waals surface area contributed by atoms with Crippen LogP contribution in [-0.4, -0.2) is 32.2 Å². The van der Waals surface area contributed by atoms with Gasteiger partial charge < -0.3 is 18.9 Å². The molecule has 1 atom stereocenters. The van der Waals surface area contributed by atoms with Crippen LogP contribution in [0.4, 0.5) is 0 Å². The summed E-state index contributed by atoms with van der Waals surface area (Å²) in [6.45, 7) is 11.6. The first-order chi connectivity index (χ1) is 10.9. The van der Waals surface area contributed by atoms with E-state index in [1.165, 1.54) is 0 Å². The van der Waals surface area contributed by atoms with Crippen molar-refractivity contribution in [3.05, 3.63) is 53.6 Å². The average molecular weight is 318 g/mol. The van der Waals surface area contributed by atoms with Crippen molar-refractivity contribution in [2.24, 2.45) is 0 Å². The minimum absolute atomic E-state index is 0.0807. The Morgan fingerprint density at radius 2 is 2.04 bits per heavy atom. The Morgan fingerprint density at radius 3 is 2.61 bits per heavy atom. The normalized spacial score (nSPS) is 20.5. The van der Waals surface area contributed by atoms with Crippen molar-refractivity contribution in [1.82, 2.24) is 0 Å². The van der Waals surface area contributed by atoms with Crippen molar-refractivity contribution in [3.63, 3.8) is 0 Å². The van der Waals surface area contributed by atoms with Crippen molar-refractivity contribution >= 4 is 0 Å². The minimum Gasteiger partial charge on any atom is -0.497 e. The molecule has 0 unspecified atom stereocenters. The Balaban J connectivity index is 1.77. The maximum atomic E-state index is 5.81. The van der Waals surface area contributed by atoms with Crippen LogP contribution >= 0.6 is 0 Å². The van der Waals surface area contributed by atoms with Crippen LogP contribution in [0.1, 0.15) is 26.3 Å². The van der Waals surface area contributed by atoms with Gasteiger partial charge in [0.05, 0.1) is 26.9 Å². The molecule has 4 nitrogen and oxygen atoms in total. The first-order valence-corrected chi connectivity index (χ1v) is 7.79. The maximum Gasteiger partial charge on any atom is 0.163 e. The summed E-state index contributed by atoms with van der Waals surface area (Å²) in [6.07, 6.45) is 1.95. The summed E-state index contributed by atoms with van der Waals surface area (Å²) in [4.78, 5) is 0. The lowest BCUT2D eigenvalue weighted by molar-refractivity contribution is -0.134. The van der Waals surface area contributed by atoms with E-state index in [9.17, 15) is 0 Å². The zero-order chi connectivity index (χ0) is 16.9. The van der Waals surface area contributed by atoms with E-state index in [1.807, 2.05) is 51.1 Å². The van der Waals surface area contributed by atoms with Gasteiger partial charge in [0.2, 0.25) is 0 Å². The number of hydrogen-bond donors (Lipinski definition) is 0. The SMILES string of the molecule is C=C(/C(C)=C/COCc1ccc(OC)cc1)[C@@H]1COC(C)(C)O1. The summed E-state index contributed by atoms with van der Waals surface area (Å²) in [7, 11) is 1.66. The van der Waals surface area contributed by atoms with Crippen molar-refractivity contribution in [3.8, 4) is 5.75 Å². The van der Waals surface area contributed by atoms with Crippen LogP contribution in [0, 0.1) is 0 Å². The van der Waals surface area contributed by atoms with Crippen LogP contribution in [-0.2, 0) is 20.8 Å². The van der Waals surface area contributed by atoms with Crippen LogP contribution in [0.3, 0.4) is 0 Å². The van der Waals surface area contributed by atoms with Crippen LogP contribution in [0.2, 0.25) is 0 Å². The monoisotopic (exact) mass is 318 g/mol. The molecule has 23 heavy (non-hydrogen) atoms. The highest BCUT2D eigenvalue weighted by molar-refractivity contribution is 5.30. The molecule has 1 aromatic rings. The molecule has 1 aromatic carbocycles. The maximum absolute atomic E-state index is 5.81. The molecule has 1 fully saturated rings. The van der Waals surface area contributed by atoms with E-state index < -0.39 is 5.79 Å². The molecule has 0 spiro atoms. The predicted octanol–water partition coefficient (Wildman–Crippen LogP) is 3.87. The topological polar surface area (TPSA) is 36.9 Å². The van der Waals surface area contributed by atoms with Crippen molar-refractivity contribution in [2.75, 3.05) is 20.3 Å². The van der Waals surface area contributed by atoms with Gasteiger partial charge in [-0.25, -0.2) is 0 Å². The third-order valence-corrected chi connectivity index (χ3v) is 3.84. The van der Waals surface area contributed by atoms with Crippen LogP contribution in [0.25, 0.3) is 0 Å². The highest BCUT2D eigenvalue weighted by Crippen LogP contribution is 2.28. The van der Waals surface area contributed by atoms with Gasteiger partial charge in [-0.05, 0) is 49.6 Å². The first-order valence-electron chi connectivity index (χ1n) is 7.79. The largest absolute Gasteiger partial charge is 0.497 e. The third-order valence-electron chi connectivity index (χ3n) is 3.84. The lowest BCUT2D eigenvalue weighted by Gasteiger charge is -2.18. The van der Waals surface area contributed by atoms with E-state index in [-0.39, 0.29) is 6.10 Å². The van der Waals surface area contributed by atoms with E-state index in [1.54, 1.807) is 7.11 Å². The Hall–Kier alpha value is -1.62. The van der Waals surface area contributed by atoms with Gasteiger partial charge in [0.15, 0.2) is 5.79 Å². The van der Waals surface area contributed by atoms with E-state index in [4.69, 9.17) is 18.9 Å². The lowest BCUT2D eigenvalue weighted by Crippen LogP contribution is -2.22. The van der Waals surface area contributed by atoms with Gasteiger partial charge in [-0.2, -0.15) is 0 Å². The predicted molar refractivity (Wildman–Crippen MR) is 90.5 cm³/mol. The quantitative estimate of drug-likeness (QED) is 0.565. The van der Waals surface area contributed by atoms with Crippen molar-refractivity contribution in [1.29, 1.82) is 0 Å².